The quantitative estimate of drug-likeness (QED) is 0.829. The number of aliphatic hydroxyl groups is 1. The molecular weight excluding hydrogens is 235 g/mol. The van der Waals surface area contributed by atoms with Gasteiger partial charge >= 0.3 is 6.18 Å². The molecule has 96 valence electrons. The Balaban J connectivity index is 2.64. The first kappa shape index (κ1) is 14.0. The van der Waals surface area contributed by atoms with E-state index in [2.05, 4.69) is 4.74 Å². The molecule has 1 atom stereocenters. The normalized spacial score (nSPS) is 15.6. The Morgan fingerprint density at radius 2 is 1.71 bits per heavy atom. The van der Waals surface area contributed by atoms with E-state index >= 15 is 0 Å². The van der Waals surface area contributed by atoms with Crippen molar-refractivity contribution in [2.45, 2.75) is 11.8 Å². The molecule has 17 heavy (non-hydrogen) atoms. The lowest BCUT2D eigenvalue weighted by molar-refractivity contribution is -0.187. The third kappa shape index (κ3) is 4.33. The highest BCUT2D eigenvalue weighted by Gasteiger charge is 2.32. The fraction of sp³-hybridized carbons (Fsp3) is 0.455. The largest absolute Gasteiger partial charge is 0.411 e. The van der Waals surface area contributed by atoms with Crippen LogP contribution in [-0.2, 0) is 10.3 Å². The van der Waals surface area contributed by atoms with Crippen molar-refractivity contribution in [3.63, 3.8) is 0 Å². The molecule has 1 aromatic carbocycles. The van der Waals surface area contributed by atoms with Gasteiger partial charge in [-0.2, -0.15) is 13.2 Å². The molecule has 0 saturated heterocycles. The molecule has 0 amide bonds. The van der Waals surface area contributed by atoms with Gasteiger partial charge in [-0.1, -0.05) is 30.3 Å². The van der Waals surface area contributed by atoms with Gasteiger partial charge in [-0.3, -0.25) is 0 Å². The molecular formula is C11H14F3NO2. The van der Waals surface area contributed by atoms with Crippen LogP contribution >= 0.6 is 0 Å². The van der Waals surface area contributed by atoms with Crippen LogP contribution in [0.5, 0.6) is 0 Å². The van der Waals surface area contributed by atoms with Gasteiger partial charge in [-0.05, 0) is 5.56 Å². The Bertz CT molecular complexity index is 342. The van der Waals surface area contributed by atoms with Gasteiger partial charge in [0, 0.05) is 6.54 Å². The molecule has 0 aliphatic rings. The van der Waals surface area contributed by atoms with E-state index in [1.165, 1.54) is 0 Å². The summed E-state index contributed by atoms with van der Waals surface area (Å²) in [7, 11) is 0. The summed E-state index contributed by atoms with van der Waals surface area (Å²) in [6, 6.07) is 8.24. The molecule has 1 rings (SSSR count). The summed E-state index contributed by atoms with van der Waals surface area (Å²) >= 11 is 0. The monoisotopic (exact) mass is 249 g/mol. The molecule has 3 nitrogen and oxygen atoms in total. The molecule has 0 heterocycles. The zero-order valence-corrected chi connectivity index (χ0v) is 9.07. The standard InChI is InChI=1S/C11H14F3NO2/c12-11(13,14)8-17-7-10(16,6-15)9-4-2-1-3-5-9/h1-5,16H,6-8,15H2. The highest BCUT2D eigenvalue weighted by molar-refractivity contribution is 5.22. The zero-order chi connectivity index (χ0) is 12.9. The second-order valence-electron chi connectivity index (χ2n) is 3.71. The van der Waals surface area contributed by atoms with E-state index in [0.29, 0.717) is 5.56 Å². The molecule has 0 aromatic heterocycles. The van der Waals surface area contributed by atoms with Gasteiger partial charge in [-0.15, -0.1) is 0 Å². The average Bonchev–Trinajstić information content (AvgIpc) is 2.28. The third-order valence-electron chi connectivity index (χ3n) is 2.26. The van der Waals surface area contributed by atoms with Crippen LogP contribution in [0.15, 0.2) is 30.3 Å². The van der Waals surface area contributed by atoms with E-state index in [1.54, 1.807) is 30.3 Å². The van der Waals surface area contributed by atoms with Crippen LogP contribution in [0.2, 0.25) is 0 Å². The van der Waals surface area contributed by atoms with Gasteiger partial charge in [-0.25, -0.2) is 0 Å². The van der Waals surface area contributed by atoms with Crippen molar-refractivity contribution in [2.24, 2.45) is 5.73 Å². The zero-order valence-electron chi connectivity index (χ0n) is 9.07. The first-order valence-corrected chi connectivity index (χ1v) is 5.00. The summed E-state index contributed by atoms with van der Waals surface area (Å²) in [6.07, 6.45) is -4.41. The second kappa shape index (κ2) is 5.48. The van der Waals surface area contributed by atoms with Crippen LogP contribution in [0.1, 0.15) is 5.56 Å². The Kier molecular flexibility index (Phi) is 4.50. The summed E-state index contributed by atoms with van der Waals surface area (Å²) in [4.78, 5) is 0. The first-order valence-electron chi connectivity index (χ1n) is 5.00. The van der Waals surface area contributed by atoms with Crippen molar-refractivity contribution in [1.29, 1.82) is 0 Å². The maximum atomic E-state index is 11.9. The average molecular weight is 249 g/mol. The van der Waals surface area contributed by atoms with Crippen LogP contribution in [-0.4, -0.2) is 31.0 Å². The molecule has 6 heteroatoms. The van der Waals surface area contributed by atoms with Gasteiger partial charge in [0.15, 0.2) is 0 Å². The third-order valence-corrected chi connectivity index (χ3v) is 2.26. The van der Waals surface area contributed by atoms with Crippen molar-refractivity contribution in [1.82, 2.24) is 0 Å². The summed E-state index contributed by atoms with van der Waals surface area (Å²) in [5, 5.41) is 10.1. The van der Waals surface area contributed by atoms with E-state index < -0.39 is 25.0 Å². The maximum absolute atomic E-state index is 11.9. The molecule has 0 aliphatic carbocycles. The highest BCUT2D eigenvalue weighted by atomic mass is 19.4. The van der Waals surface area contributed by atoms with Gasteiger partial charge in [0.2, 0.25) is 0 Å². The lowest BCUT2D eigenvalue weighted by Crippen LogP contribution is -2.40. The Hall–Kier alpha value is -1.11. The molecule has 0 saturated carbocycles. The highest BCUT2D eigenvalue weighted by Crippen LogP contribution is 2.22. The van der Waals surface area contributed by atoms with E-state index in [-0.39, 0.29) is 6.54 Å². The van der Waals surface area contributed by atoms with Crippen molar-refractivity contribution < 1.29 is 23.0 Å². The van der Waals surface area contributed by atoms with Crippen LogP contribution in [0.25, 0.3) is 0 Å². The SMILES string of the molecule is NCC(O)(COCC(F)(F)F)c1ccccc1. The Morgan fingerprint density at radius 1 is 1.12 bits per heavy atom. The van der Waals surface area contributed by atoms with Crippen LogP contribution in [0.4, 0.5) is 13.2 Å². The summed E-state index contributed by atoms with van der Waals surface area (Å²) in [5.74, 6) is 0. The van der Waals surface area contributed by atoms with Crippen molar-refractivity contribution in [2.75, 3.05) is 19.8 Å². The van der Waals surface area contributed by atoms with E-state index in [1.807, 2.05) is 0 Å². The van der Waals surface area contributed by atoms with E-state index in [0.717, 1.165) is 0 Å². The molecule has 1 aromatic rings. The summed E-state index contributed by atoms with van der Waals surface area (Å²) in [5.41, 5.74) is 4.22. The summed E-state index contributed by atoms with van der Waals surface area (Å²) in [6.45, 7) is -2.11. The van der Waals surface area contributed by atoms with E-state index in [4.69, 9.17) is 5.73 Å². The minimum absolute atomic E-state index is 0.213. The molecule has 0 fully saturated rings. The van der Waals surface area contributed by atoms with Crippen LogP contribution in [0.3, 0.4) is 0 Å². The van der Waals surface area contributed by atoms with Gasteiger partial charge in [0.25, 0.3) is 0 Å². The predicted octanol–water partition coefficient (Wildman–Crippen LogP) is 1.41. The summed E-state index contributed by atoms with van der Waals surface area (Å²) < 4.78 is 40.2. The fourth-order valence-electron chi connectivity index (χ4n) is 1.34. The second-order valence-corrected chi connectivity index (χ2v) is 3.71. The van der Waals surface area contributed by atoms with Gasteiger partial charge < -0.3 is 15.6 Å². The first-order chi connectivity index (χ1) is 7.87. The van der Waals surface area contributed by atoms with Crippen molar-refractivity contribution >= 4 is 0 Å². The van der Waals surface area contributed by atoms with E-state index in [9.17, 15) is 18.3 Å². The minimum Gasteiger partial charge on any atom is -0.381 e. The molecule has 0 bridgehead atoms. The van der Waals surface area contributed by atoms with Gasteiger partial charge in [0.05, 0.1) is 6.61 Å². The van der Waals surface area contributed by atoms with Crippen molar-refractivity contribution in [3.05, 3.63) is 35.9 Å². The number of alkyl halides is 3. The lowest BCUT2D eigenvalue weighted by Gasteiger charge is -2.27. The number of benzene rings is 1. The number of hydrogen-bond acceptors (Lipinski definition) is 3. The number of halogens is 3. The molecule has 3 N–H and O–H groups in total. The molecule has 0 spiro atoms. The smallest absolute Gasteiger partial charge is 0.381 e. The minimum atomic E-state index is -4.41. The fourth-order valence-corrected chi connectivity index (χ4v) is 1.34. The topological polar surface area (TPSA) is 55.5 Å². The van der Waals surface area contributed by atoms with Crippen molar-refractivity contribution in [3.8, 4) is 0 Å². The number of hydrogen-bond donors (Lipinski definition) is 2. The van der Waals surface area contributed by atoms with Crippen LogP contribution < -0.4 is 5.73 Å². The molecule has 0 radical (unpaired) electrons. The number of ether oxygens (including phenoxy) is 1. The molecule has 0 aliphatic heterocycles. The number of rotatable bonds is 5. The van der Waals surface area contributed by atoms with Crippen LogP contribution in [0, 0.1) is 0 Å². The molecule has 1 unspecified atom stereocenters. The Morgan fingerprint density at radius 3 is 2.18 bits per heavy atom. The number of nitrogens with two attached hydrogens (primary N) is 1. The Labute approximate surface area is 97.0 Å². The van der Waals surface area contributed by atoms with Gasteiger partial charge in [0.1, 0.15) is 12.2 Å². The maximum Gasteiger partial charge on any atom is 0.411 e. The predicted molar refractivity (Wildman–Crippen MR) is 56.3 cm³/mol. The lowest BCUT2D eigenvalue weighted by atomic mass is 9.95.